The molecule has 2 aromatic rings. The van der Waals surface area contributed by atoms with Gasteiger partial charge in [0.05, 0.1) is 18.8 Å². The first-order valence-corrected chi connectivity index (χ1v) is 11.0. The second-order valence-electron chi connectivity index (χ2n) is 7.34. The van der Waals surface area contributed by atoms with Crippen LogP contribution in [0.15, 0.2) is 59.5 Å². The third kappa shape index (κ3) is 6.59. The Labute approximate surface area is 172 Å². The summed E-state index contributed by atoms with van der Waals surface area (Å²) in [5.41, 5.74) is 1.25. The summed E-state index contributed by atoms with van der Waals surface area (Å²) in [5, 5.41) is 0. The van der Waals surface area contributed by atoms with Gasteiger partial charge in [-0.15, -0.1) is 11.8 Å². The lowest BCUT2D eigenvalue weighted by Crippen LogP contribution is -2.48. The number of ether oxygens (including phenoxy) is 2. The number of piperidine rings is 1. The summed E-state index contributed by atoms with van der Waals surface area (Å²) in [4.78, 5) is 3.62. The van der Waals surface area contributed by atoms with Crippen LogP contribution in [0.3, 0.4) is 0 Å². The van der Waals surface area contributed by atoms with Gasteiger partial charge >= 0.3 is 0 Å². The molecule has 0 aromatic heterocycles. The number of hydrogen-bond donors (Lipinski definition) is 0. The van der Waals surface area contributed by atoms with Crippen LogP contribution in [0.2, 0.25) is 0 Å². The molecule has 0 saturated carbocycles. The van der Waals surface area contributed by atoms with E-state index in [-0.39, 0.29) is 11.4 Å². The fraction of sp³-hybridized carbons (Fsp3) is 0.478. The van der Waals surface area contributed by atoms with Crippen LogP contribution in [0.25, 0.3) is 0 Å². The average molecular weight is 404 g/mol. The summed E-state index contributed by atoms with van der Waals surface area (Å²) in [6.45, 7) is 4.40. The molecule has 3 nitrogen and oxygen atoms in total. The van der Waals surface area contributed by atoms with Crippen molar-refractivity contribution in [2.75, 3.05) is 45.7 Å². The number of rotatable bonds is 10. The van der Waals surface area contributed by atoms with Gasteiger partial charge < -0.3 is 14.4 Å². The van der Waals surface area contributed by atoms with Crippen LogP contribution in [0.1, 0.15) is 18.4 Å². The van der Waals surface area contributed by atoms with Crippen LogP contribution < -0.4 is 0 Å². The van der Waals surface area contributed by atoms with E-state index in [1.807, 2.05) is 12.1 Å². The zero-order valence-corrected chi connectivity index (χ0v) is 17.4. The molecule has 0 unspecified atom stereocenters. The van der Waals surface area contributed by atoms with Crippen molar-refractivity contribution in [1.29, 1.82) is 0 Å². The van der Waals surface area contributed by atoms with Crippen molar-refractivity contribution in [1.82, 2.24) is 4.90 Å². The van der Waals surface area contributed by atoms with Gasteiger partial charge in [0.1, 0.15) is 5.82 Å². The highest BCUT2D eigenvalue weighted by Gasteiger charge is 2.35. The molecular weight excluding hydrogens is 373 g/mol. The number of methoxy groups -OCH3 is 1. The van der Waals surface area contributed by atoms with E-state index in [9.17, 15) is 4.39 Å². The summed E-state index contributed by atoms with van der Waals surface area (Å²) in [7, 11) is 1.70. The molecule has 0 N–H and O–H groups in total. The quantitative estimate of drug-likeness (QED) is 0.425. The summed E-state index contributed by atoms with van der Waals surface area (Å²) >= 11 is 1.75. The number of halogens is 1. The summed E-state index contributed by atoms with van der Waals surface area (Å²) < 4.78 is 24.6. The predicted molar refractivity (Wildman–Crippen MR) is 114 cm³/mol. The minimum absolute atomic E-state index is 0.138. The van der Waals surface area contributed by atoms with Gasteiger partial charge in [0.15, 0.2) is 0 Å². The van der Waals surface area contributed by atoms with Crippen LogP contribution >= 0.6 is 11.8 Å². The molecule has 1 heterocycles. The maximum atomic E-state index is 13.1. The fourth-order valence-electron chi connectivity index (χ4n) is 3.53. The Morgan fingerprint density at radius 2 is 1.71 bits per heavy atom. The number of hydrogen-bond acceptors (Lipinski definition) is 4. The molecule has 1 aliphatic rings. The second kappa shape index (κ2) is 11.0. The van der Waals surface area contributed by atoms with Gasteiger partial charge in [0.2, 0.25) is 0 Å². The van der Waals surface area contributed by atoms with Crippen LogP contribution in [-0.4, -0.2) is 56.2 Å². The monoisotopic (exact) mass is 403 g/mol. The summed E-state index contributed by atoms with van der Waals surface area (Å²) in [6, 6.07) is 17.4. The number of thioether (sulfide) groups is 1. The molecular formula is C23H30FNO2S. The lowest BCUT2D eigenvalue weighted by Gasteiger charge is -2.41. The standard InChI is InChI=1S/C23H30FNO2S/c1-26-17-18-27-23(19-28-22-9-7-21(24)8-10-22)12-15-25(16-13-23)14-11-20-5-3-2-4-6-20/h2-10H,11-19H2,1H3. The van der Waals surface area contributed by atoms with Crippen molar-refractivity contribution in [3.8, 4) is 0 Å². The van der Waals surface area contributed by atoms with Crippen molar-refractivity contribution in [3.05, 3.63) is 66.0 Å². The molecule has 2 aromatic carbocycles. The minimum Gasteiger partial charge on any atom is -0.382 e. The summed E-state index contributed by atoms with van der Waals surface area (Å²) in [5.74, 6) is 0.691. The first-order valence-electron chi connectivity index (χ1n) is 9.97. The highest BCUT2D eigenvalue weighted by molar-refractivity contribution is 7.99. The average Bonchev–Trinajstić information content (AvgIpc) is 2.74. The first kappa shape index (κ1) is 21.3. The van der Waals surface area contributed by atoms with Crippen LogP contribution in [-0.2, 0) is 15.9 Å². The highest BCUT2D eigenvalue weighted by atomic mass is 32.2. The topological polar surface area (TPSA) is 21.7 Å². The molecule has 0 bridgehead atoms. The van der Waals surface area contributed by atoms with E-state index >= 15 is 0 Å². The Morgan fingerprint density at radius 1 is 1.00 bits per heavy atom. The molecule has 0 spiro atoms. The first-order chi connectivity index (χ1) is 13.7. The predicted octanol–water partition coefficient (Wildman–Crippen LogP) is 4.66. The third-order valence-electron chi connectivity index (χ3n) is 5.34. The maximum Gasteiger partial charge on any atom is 0.123 e. The molecule has 0 amide bonds. The van der Waals surface area contributed by atoms with Crippen molar-refractivity contribution >= 4 is 11.8 Å². The SMILES string of the molecule is COCCOC1(CSc2ccc(F)cc2)CCN(CCc2ccccc2)CC1. The Morgan fingerprint density at radius 3 is 2.39 bits per heavy atom. The van der Waals surface area contributed by atoms with Gasteiger partial charge in [0.25, 0.3) is 0 Å². The Kier molecular flexibility index (Phi) is 8.34. The summed E-state index contributed by atoms with van der Waals surface area (Å²) in [6.07, 6.45) is 3.11. The maximum absolute atomic E-state index is 13.1. The molecule has 1 aliphatic heterocycles. The van der Waals surface area contributed by atoms with Crippen LogP contribution in [0.4, 0.5) is 4.39 Å². The van der Waals surface area contributed by atoms with Crippen LogP contribution in [0, 0.1) is 5.82 Å². The van der Waals surface area contributed by atoms with E-state index in [1.54, 1.807) is 18.9 Å². The van der Waals surface area contributed by atoms with Crippen molar-refractivity contribution in [2.45, 2.75) is 29.8 Å². The van der Waals surface area contributed by atoms with Gasteiger partial charge in [-0.1, -0.05) is 30.3 Å². The zero-order valence-electron chi connectivity index (χ0n) is 16.6. The zero-order chi connectivity index (χ0) is 19.7. The Balaban J connectivity index is 1.52. The molecule has 152 valence electrons. The van der Waals surface area contributed by atoms with Crippen molar-refractivity contribution < 1.29 is 13.9 Å². The van der Waals surface area contributed by atoms with E-state index < -0.39 is 0 Å². The van der Waals surface area contributed by atoms with Gasteiger partial charge in [-0.3, -0.25) is 0 Å². The van der Waals surface area contributed by atoms with Crippen LogP contribution in [0.5, 0.6) is 0 Å². The lowest BCUT2D eigenvalue weighted by molar-refractivity contribution is -0.0804. The second-order valence-corrected chi connectivity index (χ2v) is 8.39. The van der Waals surface area contributed by atoms with E-state index in [1.165, 1.54) is 17.7 Å². The van der Waals surface area contributed by atoms with Gasteiger partial charge in [0, 0.05) is 37.4 Å². The molecule has 5 heteroatoms. The normalized spacial score (nSPS) is 16.9. The lowest BCUT2D eigenvalue weighted by atomic mass is 9.92. The van der Waals surface area contributed by atoms with Gasteiger partial charge in [-0.05, 0) is 49.1 Å². The van der Waals surface area contributed by atoms with E-state index in [4.69, 9.17) is 9.47 Å². The largest absolute Gasteiger partial charge is 0.382 e. The molecule has 0 aliphatic carbocycles. The number of likely N-dealkylation sites (tertiary alicyclic amines) is 1. The smallest absolute Gasteiger partial charge is 0.123 e. The molecule has 1 saturated heterocycles. The molecule has 1 fully saturated rings. The Bertz CT molecular complexity index is 688. The van der Waals surface area contributed by atoms with Crippen molar-refractivity contribution in [3.63, 3.8) is 0 Å². The van der Waals surface area contributed by atoms with E-state index in [2.05, 4.69) is 35.2 Å². The van der Waals surface area contributed by atoms with Gasteiger partial charge in [-0.2, -0.15) is 0 Å². The third-order valence-corrected chi connectivity index (χ3v) is 6.61. The minimum atomic E-state index is -0.192. The fourth-order valence-corrected chi connectivity index (χ4v) is 4.66. The molecule has 0 atom stereocenters. The van der Waals surface area contributed by atoms with Gasteiger partial charge in [-0.25, -0.2) is 4.39 Å². The van der Waals surface area contributed by atoms with Crippen molar-refractivity contribution in [2.24, 2.45) is 0 Å². The highest BCUT2D eigenvalue weighted by Crippen LogP contribution is 2.33. The molecule has 28 heavy (non-hydrogen) atoms. The number of benzene rings is 2. The molecule has 3 rings (SSSR count). The Hall–Kier alpha value is -1.40. The molecule has 0 radical (unpaired) electrons. The van der Waals surface area contributed by atoms with E-state index in [0.29, 0.717) is 13.2 Å². The van der Waals surface area contributed by atoms with E-state index in [0.717, 1.165) is 49.5 Å². The number of nitrogens with zero attached hydrogens (tertiary/aromatic N) is 1.